The lowest BCUT2D eigenvalue weighted by Gasteiger charge is -2.09. The largest absolute Gasteiger partial charge is 0.397 e. The molecule has 0 atom stereocenters. The van der Waals surface area contributed by atoms with E-state index in [0.717, 1.165) is 39.1 Å². The summed E-state index contributed by atoms with van der Waals surface area (Å²) in [5, 5.41) is 3.79. The number of aryl methyl sites for hydroxylation is 2. The number of fused-ring (bicyclic) bond motifs is 1. The van der Waals surface area contributed by atoms with Crippen LogP contribution < -0.4 is 11.1 Å². The van der Waals surface area contributed by atoms with Gasteiger partial charge in [-0.15, -0.1) is 11.3 Å². The molecule has 25 heavy (non-hydrogen) atoms. The highest BCUT2D eigenvalue weighted by Crippen LogP contribution is 2.36. The van der Waals surface area contributed by atoms with E-state index < -0.39 is 0 Å². The molecule has 0 fully saturated rings. The summed E-state index contributed by atoms with van der Waals surface area (Å²) in [4.78, 5) is 18.6. The van der Waals surface area contributed by atoms with Gasteiger partial charge in [-0.3, -0.25) is 4.79 Å². The van der Waals surface area contributed by atoms with E-state index in [-0.39, 0.29) is 5.91 Å². The van der Waals surface area contributed by atoms with E-state index >= 15 is 0 Å². The Hall–Kier alpha value is -2.44. The maximum atomic E-state index is 12.8. The van der Waals surface area contributed by atoms with Crippen molar-refractivity contribution in [3.05, 3.63) is 52.0 Å². The molecule has 0 bridgehead atoms. The molecule has 1 aromatic carbocycles. The minimum Gasteiger partial charge on any atom is -0.397 e. The molecule has 3 N–H and O–H groups in total. The Balaban J connectivity index is 2.02. The van der Waals surface area contributed by atoms with E-state index in [0.29, 0.717) is 17.2 Å². The fourth-order valence-electron chi connectivity index (χ4n) is 2.90. The van der Waals surface area contributed by atoms with Crippen LogP contribution in [0.25, 0.3) is 10.2 Å². The zero-order valence-electron chi connectivity index (χ0n) is 14.6. The lowest BCUT2D eigenvalue weighted by Crippen LogP contribution is -2.13. The Morgan fingerprint density at radius 1 is 1.32 bits per heavy atom. The number of carbonyl (C=O) groups excluding carboxylic acids is 1. The summed E-state index contributed by atoms with van der Waals surface area (Å²) in [6.45, 7) is 4.41. The molecule has 0 unspecified atom stereocenters. The van der Waals surface area contributed by atoms with Gasteiger partial charge < -0.3 is 15.8 Å². The predicted molar refractivity (Wildman–Crippen MR) is 103 cm³/mol. The zero-order chi connectivity index (χ0) is 18.0. The van der Waals surface area contributed by atoms with Gasteiger partial charge in [-0.2, -0.15) is 0 Å². The van der Waals surface area contributed by atoms with Crippen LogP contribution in [0.15, 0.2) is 30.3 Å². The van der Waals surface area contributed by atoms with E-state index in [1.54, 1.807) is 7.11 Å². The second-order valence-electron chi connectivity index (χ2n) is 5.85. The lowest BCUT2D eigenvalue weighted by atomic mass is 10.1. The molecular weight excluding hydrogens is 334 g/mol. The SMILES string of the molecule is CCc1ccccc1NC(=O)c1sc2nc(C)cc(COC)c2c1N. The van der Waals surface area contributed by atoms with Crippen LogP contribution >= 0.6 is 11.3 Å². The van der Waals surface area contributed by atoms with Crippen LogP contribution in [0.1, 0.15) is 33.4 Å². The standard InChI is InChI=1S/C19H21N3O2S/c1-4-12-7-5-6-8-14(12)22-18(23)17-16(20)15-13(10-24-3)9-11(2)21-19(15)25-17/h5-9H,4,10,20H2,1-3H3,(H,22,23). The average molecular weight is 355 g/mol. The van der Waals surface area contributed by atoms with Crippen LogP contribution in [0.3, 0.4) is 0 Å². The minimum atomic E-state index is -0.206. The predicted octanol–water partition coefficient (Wildman–Crippen LogP) is 4.15. The molecule has 0 aliphatic carbocycles. The fourth-order valence-corrected chi connectivity index (χ4v) is 3.99. The second-order valence-corrected chi connectivity index (χ2v) is 6.84. The number of para-hydroxylation sites is 1. The smallest absolute Gasteiger partial charge is 0.267 e. The first-order chi connectivity index (χ1) is 12.0. The summed E-state index contributed by atoms with van der Waals surface area (Å²) < 4.78 is 5.26. The summed E-state index contributed by atoms with van der Waals surface area (Å²) >= 11 is 1.32. The topological polar surface area (TPSA) is 77.2 Å². The molecule has 0 saturated carbocycles. The minimum absolute atomic E-state index is 0.206. The number of pyridine rings is 1. The molecule has 3 aromatic rings. The van der Waals surface area contributed by atoms with Gasteiger partial charge >= 0.3 is 0 Å². The van der Waals surface area contributed by atoms with Gasteiger partial charge in [-0.1, -0.05) is 25.1 Å². The third-order valence-electron chi connectivity index (χ3n) is 4.06. The van der Waals surface area contributed by atoms with Crippen molar-refractivity contribution in [2.45, 2.75) is 26.9 Å². The van der Waals surface area contributed by atoms with Gasteiger partial charge in [0.25, 0.3) is 5.91 Å². The molecule has 0 radical (unpaired) electrons. The molecule has 0 saturated heterocycles. The maximum absolute atomic E-state index is 12.8. The van der Waals surface area contributed by atoms with Gasteiger partial charge in [0, 0.05) is 23.9 Å². The molecule has 2 heterocycles. The van der Waals surface area contributed by atoms with Gasteiger partial charge in [0.05, 0.1) is 12.3 Å². The highest BCUT2D eigenvalue weighted by molar-refractivity contribution is 7.21. The van der Waals surface area contributed by atoms with Crippen LogP contribution in [-0.4, -0.2) is 18.0 Å². The molecule has 5 nitrogen and oxygen atoms in total. The van der Waals surface area contributed by atoms with Crippen molar-refractivity contribution >= 4 is 38.8 Å². The van der Waals surface area contributed by atoms with Crippen molar-refractivity contribution in [1.82, 2.24) is 4.98 Å². The Bertz CT molecular complexity index is 934. The van der Waals surface area contributed by atoms with Crippen LogP contribution in [0.4, 0.5) is 11.4 Å². The number of nitrogens with two attached hydrogens (primary N) is 1. The Kier molecular flexibility index (Phi) is 5.01. The van der Waals surface area contributed by atoms with E-state index in [1.807, 2.05) is 37.3 Å². The Morgan fingerprint density at radius 2 is 2.08 bits per heavy atom. The Morgan fingerprint density at radius 3 is 2.80 bits per heavy atom. The molecule has 0 aliphatic rings. The zero-order valence-corrected chi connectivity index (χ0v) is 15.4. The van der Waals surface area contributed by atoms with E-state index in [1.165, 1.54) is 11.3 Å². The number of anilines is 2. The van der Waals surface area contributed by atoms with Crippen LogP contribution in [0, 0.1) is 6.92 Å². The van der Waals surface area contributed by atoms with E-state index in [2.05, 4.69) is 17.2 Å². The molecular formula is C19H21N3O2S. The highest BCUT2D eigenvalue weighted by Gasteiger charge is 2.20. The van der Waals surface area contributed by atoms with Crippen LogP contribution in [0.2, 0.25) is 0 Å². The number of hydrogen-bond acceptors (Lipinski definition) is 5. The number of aromatic nitrogens is 1. The number of carbonyl (C=O) groups is 1. The normalized spacial score (nSPS) is 11.0. The molecule has 3 rings (SSSR count). The number of nitrogen functional groups attached to an aromatic ring is 1. The number of ether oxygens (including phenoxy) is 1. The number of rotatable bonds is 5. The van der Waals surface area contributed by atoms with Gasteiger partial charge in [0.2, 0.25) is 0 Å². The molecule has 0 aliphatic heterocycles. The summed E-state index contributed by atoms with van der Waals surface area (Å²) in [7, 11) is 1.64. The molecule has 130 valence electrons. The van der Waals surface area contributed by atoms with Crippen molar-refractivity contribution in [3.63, 3.8) is 0 Å². The van der Waals surface area contributed by atoms with Gasteiger partial charge in [-0.05, 0) is 36.6 Å². The summed E-state index contributed by atoms with van der Waals surface area (Å²) in [6, 6.07) is 9.73. The number of thiophene rings is 1. The number of nitrogens with zero attached hydrogens (tertiary/aromatic N) is 1. The van der Waals surface area contributed by atoms with Crippen molar-refractivity contribution in [1.29, 1.82) is 0 Å². The summed E-state index contributed by atoms with van der Waals surface area (Å²) in [5.41, 5.74) is 10.5. The molecule has 2 aromatic heterocycles. The average Bonchev–Trinajstić information content (AvgIpc) is 2.92. The first-order valence-electron chi connectivity index (χ1n) is 8.11. The first-order valence-corrected chi connectivity index (χ1v) is 8.93. The molecule has 1 amide bonds. The van der Waals surface area contributed by atoms with Gasteiger partial charge in [0.1, 0.15) is 9.71 Å². The second kappa shape index (κ2) is 7.21. The van der Waals surface area contributed by atoms with Crippen molar-refractivity contribution in [2.75, 3.05) is 18.2 Å². The van der Waals surface area contributed by atoms with E-state index in [4.69, 9.17) is 10.5 Å². The third kappa shape index (κ3) is 3.36. The summed E-state index contributed by atoms with van der Waals surface area (Å²) in [6.07, 6.45) is 0.844. The number of hydrogen-bond donors (Lipinski definition) is 2. The number of nitrogens with one attached hydrogen (secondary N) is 1. The Labute approximate surface area is 150 Å². The number of benzene rings is 1. The van der Waals surface area contributed by atoms with Gasteiger partial charge in [-0.25, -0.2) is 4.98 Å². The third-order valence-corrected chi connectivity index (χ3v) is 5.16. The monoisotopic (exact) mass is 355 g/mol. The van der Waals surface area contributed by atoms with Crippen LogP contribution in [-0.2, 0) is 17.8 Å². The number of methoxy groups -OCH3 is 1. The van der Waals surface area contributed by atoms with Crippen molar-refractivity contribution < 1.29 is 9.53 Å². The van der Waals surface area contributed by atoms with Crippen molar-refractivity contribution in [2.24, 2.45) is 0 Å². The molecule has 0 spiro atoms. The maximum Gasteiger partial charge on any atom is 0.267 e. The fraction of sp³-hybridized carbons (Fsp3) is 0.263. The first kappa shape index (κ1) is 17.4. The van der Waals surface area contributed by atoms with E-state index in [9.17, 15) is 4.79 Å². The quantitative estimate of drug-likeness (QED) is 0.721. The summed E-state index contributed by atoms with van der Waals surface area (Å²) in [5.74, 6) is -0.206. The number of amides is 1. The highest BCUT2D eigenvalue weighted by atomic mass is 32.1. The van der Waals surface area contributed by atoms with Gasteiger partial charge in [0.15, 0.2) is 0 Å². The lowest BCUT2D eigenvalue weighted by molar-refractivity contribution is 0.103. The van der Waals surface area contributed by atoms with Crippen molar-refractivity contribution in [3.8, 4) is 0 Å². The molecule has 6 heteroatoms. The van der Waals surface area contributed by atoms with Crippen LogP contribution in [0.5, 0.6) is 0 Å².